The molecule has 126 valence electrons. The van der Waals surface area contributed by atoms with E-state index in [0.717, 1.165) is 37.7 Å². The molecule has 5 heteroatoms. The Hall–Kier alpha value is -1.85. The van der Waals surface area contributed by atoms with Gasteiger partial charge in [0.1, 0.15) is 0 Å². The topological polar surface area (TPSA) is 32.8 Å². The molecule has 1 unspecified atom stereocenters. The van der Waals surface area contributed by atoms with Gasteiger partial charge < -0.3 is 14.5 Å². The zero-order chi connectivity index (χ0) is 16.7. The molecule has 1 aromatic heterocycles. The van der Waals surface area contributed by atoms with Crippen LogP contribution in [0, 0.1) is 6.92 Å². The molecule has 2 aliphatic rings. The lowest BCUT2D eigenvalue weighted by Gasteiger charge is -2.30. The number of anilines is 1. The molecule has 3 heterocycles. The fraction of sp³-hybridized carbons (Fsp3) is 0.421. The van der Waals surface area contributed by atoms with Crippen molar-refractivity contribution in [1.82, 2.24) is 4.90 Å². The van der Waals surface area contributed by atoms with Crippen molar-refractivity contribution < 1.29 is 9.53 Å². The molecule has 4 rings (SSSR count). The van der Waals surface area contributed by atoms with Crippen LogP contribution in [-0.4, -0.2) is 50.7 Å². The number of rotatable bonds is 2. The molecular weight excluding hydrogens is 320 g/mol. The zero-order valence-electron chi connectivity index (χ0n) is 14.1. The summed E-state index contributed by atoms with van der Waals surface area (Å²) in [7, 11) is 1.90. The molecule has 4 nitrogen and oxygen atoms in total. The molecule has 1 fully saturated rings. The number of carbonyl (C=O) groups excluding carboxylic acids is 1. The van der Waals surface area contributed by atoms with Crippen molar-refractivity contribution in [3.8, 4) is 0 Å². The quantitative estimate of drug-likeness (QED) is 0.841. The number of benzene rings is 1. The zero-order valence-corrected chi connectivity index (χ0v) is 14.9. The summed E-state index contributed by atoms with van der Waals surface area (Å²) in [4.78, 5) is 17.7. The number of thiophene rings is 1. The summed E-state index contributed by atoms with van der Waals surface area (Å²) < 4.78 is 5.45. The smallest absolute Gasteiger partial charge is 0.264 e. The maximum absolute atomic E-state index is 12.6. The van der Waals surface area contributed by atoms with Crippen molar-refractivity contribution in [1.29, 1.82) is 0 Å². The van der Waals surface area contributed by atoms with Crippen LogP contribution in [0.25, 0.3) is 0 Å². The molecule has 0 bridgehead atoms. The van der Waals surface area contributed by atoms with Crippen LogP contribution in [0.4, 0.5) is 5.00 Å². The van der Waals surface area contributed by atoms with Gasteiger partial charge in [-0.25, -0.2) is 0 Å². The number of hydrogen-bond acceptors (Lipinski definition) is 4. The monoisotopic (exact) mass is 342 g/mol. The van der Waals surface area contributed by atoms with Crippen molar-refractivity contribution >= 4 is 22.2 Å². The average Bonchev–Trinajstić information content (AvgIpc) is 3.05. The molecule has 2 aliphatic heterocycles. The number of aryl methyl sites for hydroxylation is 1. The molecule has 2 aromatic rings. The number of morpholine rings is 1. The lowest BCUT2D eigenvalue weighted by molar-refractivity contribution is 0.0778. The van der Waals surface area contributed by atoms with Crippen molar-refractivity contribution in [2.75, 3.05) is 44.8 Å². The van der Waals surface area contributed by atoms with E-state index >= 15 is 0 Å². The Bertz CT molecular complexity index is 747. The summed E-state index contributed by atoms with van der Waals surface area (Å²) in [6, 6.07) is 10.9. The molecule has 0 aliphatic carbocycles. The molecule has 1 aromatic carbocycles. The second kappa shape index (κ2) is 6.22. The third-order valence-electron chi connectivity index (χ3n) is 4.92. The minimum atomic E-state index is 0.151. The normalized spacial score (nSPS) is 21.1. The lowest BCUT2D eigenvalue weighted by atomic mass is 9.88. The van der Waals surface area contributed by atoms with Crippen LogP contribution in [0.5, 0.6) is 0 Å². The van der Waals surface area contributed by atoms with Gasteiger partial charge in [-0.05, 0) is 24.1 Å². The van der Waals surface area contributed by atoms with E-state index in [1.54, 1.807) is 11.3 Å². The fourth-order valence-corrected chi connectivity index (χ4v) is 4.74. The van der Waals surface area contributed by atoms with Crippen LogP contribution in [0.1, 0.15) is 32.3 Å². The van der Waals surface area contributed by atoms with E-state index in [0.29, 0.717) is 0 Å². The summed E-state index contributed by atoms with van der Waals surface area (Å²) >= 11 is 1.63. The Balaban J connectivity index is 1.73. The summed E-state index contributed by atoms with van der Waals surface area (Å²) in [6.45, 7) is 6.17. The van der Waals surface area contributed by atoms with Crippen molar-refractivity contribution in [2.24, 2.45) is 0 Å². The maximum atomic E-state index is 12.6. The van der Waals surface area contributed by atoms with Gasteiger partial charge in [-0.15, -0.1) is 11.3 Å². The summed E-state index contributed by atoms with van der Waals surface area (Å²) in [5.74, 6) is 0.409. The largest absolute Gasteiger partial charge is 0.378 e. The molecule has 24 heavy (non-hydrogen) atoms. The van der Waals surface area contributed by atoms with Gasteiger partial charge in [0.15, 0.2) is 0 Å². The Morgan fingerprint density at radius 1 is 1.17 bits per heavy atom. The molecule has 0 saturated carbocycles. The van der Waals surface area contributed by atoms with Gasteiger partial charge in [0.25, 0.3) is 5.91 Å². The molecule has 0 radical (unpaired) electrons. The number of fused-ring (bicyclic) bond motifs is 1. The second-order valence-corrected chi connectivity index (χ2v) is 7.65. The lowest BCUT2D eigenvalue weighted by Crippen LogP contribution is -2.36. The highest BCUT2D eigenvalue weighted by Crippen LogP contribution is 2.41. The minimum absolute atomic E-state index is 0.151. The van der Waals surface area contributed by atoms with Crippen LogP contribution < -0.4 is 4.90 Å². The highest BCUT2D eigenvalue weighted by Gasteiger charge is 2.33. The molecular formula is C19H22N2O2S. The van der Waals surface area contributed by atoms with Crippen molar-refractivity contribution in [3.05, 3.63) is 51.9 Å². The van der Waals surface area contributed by atoms with Crippen LogP contribution in [-0.2, 0) is 4.74 Å². The predicted molar refractivity (Wildman–Crippen MR) is 97.3 cm³/mol. The van der Waals surface area contributed by atoms with Gasteiger partial charge in [-0.3, -0.25) is 4.79 Å². The number of carbonyl (C=O) groups is 1. The Labute approximate surface area is 146 Å². The van der Waals surface area contributed by atoms with Crippen LogP contribution in [0.15, 0.2) is 30.3 Å². The number of amides is 1. The minimum Gasteiger partial charge on any atom is -0.378 e. The van der Waals surface area contributed by atoms with Crippen LogP contribution in [0.3, 0.4) is 0 Å². The van der Waals surface area contributed by atoms with E-state index in [-0.39, 0.29) is 11.8 Å². The predicted octanol–water partition coefficient (Wildman–Crippen LogP) is 3.11. The first kappa shape index (κ1) is 15.7. The first-order chi connectivity index (χ1) is 11.6. The second-order valence-electron chi connectivity index (χ2n) is 6.62. The first-order valence-corrected chi connectivity index (χ1v) is 9.23. The van der Waals surface area contributed by atoms with E-state index in [2.05, 4.69) is 42.2 Å². The van der Waals surface area contributed by atoms with Crippen LogP contribution >= 0.6 is 11.3 Å². The van der Waals surface area contributed by atoms with Crippen molar-refractivity contribution in [3.63, 3.8) is 0 Å². The Morgan fingerprint density at radius 2 is 1.88 bits per heavy atom. The summed E-state index contributed by atoms with van der Waals surface area (Å²) in [5, 5.41) is 1.20. The number of ether oxygens (including phenoxy) is 1. The Morgan fingerprint density at radius 3 is 2.58 bits per heavy atom. The molecule has 1 saturated heterocycles. The molecule has 0 spiro atoms. The number of hydrogen-bond donors (Lipinski definition) is 0. The molecule has 1 amide bonds. The fourth-order valence-electron chi connectivity index (χ4n) is 3.47. The van der Waals surface area contributed by atoms with Gasteiger partial charge in [-0.1, -0.05) is 29.8 Å². The SMILES string of the molecule is Cc1ccc(C2CN(C)C(=O)c3sc(N4CCOCC4)cc32)cc1. The number of likely N-dealkylation sites (N-methyl/N-ethyl adjacent to an activating group) is 1. The van der Waals surface area contributed by atoms with Gasteiger partial charge in [-0.2, -0.15) is 0 Å². The Kier molecular flexibility index (Phi) is 4.06. The number of nitrogens with zero attached hydrogens (tertiary/aromatic N) is 2. The summed E-state index contributed by atoms with van der Waals surface area (Å²) in [5.41, 5.74) is 3.74. The van der Waals surface area contributed by atoms with Gasteiger partial charge in [0, 0.05) is 32.6 Å². The van der Waals surface area contributed by atoms with E-state index in [4.69, 9.17) is 4.74 Å². The van der Waals surface area contributed by atoms with Gasteiger partial charge in [0.05, 0.1) is 23.1 Å². The average molecular weight is 342 g/mol. The highest BCUT2D eigenvalue weighted by atomic mass is 32.1. The van der Waals surface area contributed by atoms with E-state index in [1.807, 2.05) is 11.9 Å². The van der Waals surface area contributed by atoms with Crippen LogP contribution in [0.2, 0.25) is 0 Å². The van der Waals surface area contributed by atoms with Gasteiger partial charge >= 0.3 is 0 Å². The third-order valence-corrected chi connectivity index (χ3v) is 6.12. The molecule has 0 N–H and O–H groups in total. The van der Waals surface area contributed by atoms with Gasteiger partial charge in [0.2, 0.25) is 0 Å². The summed E-state index contributed by atoms with van der Waals surface area (Å²) in [6.07, 6.45) is 0. The van der Waals surface area contributed by atoms with E-state index in [1.165, 1.54) is 21.7 Å². The maximum Gasteiger partial charge on any atom is 0.264 e. The molecule has 1 atom stereocenters. The third kappa shape index (κ3) is 2.72. The standard InChI is InChI=1S/C19H22N2O2S/c1-13-3-5-14(6-4-13)16-12-20(2)19(22)18-15(16)11-17(24-18)21-7-9-23-10-8-21/h3-6,11,16H,7-10,12H2,1-2H3. The van der Waals surface area contributed by atoms with E-state index < -0.39 is 0 Å². The van der Waals surface area contributed by atoms with Crippen molar-refractivity contribution in [2.45, 2.75) is 12.8 Å². The highest BCUT2D eigenvalue weighted by molar-refractivity contribution is 7.18. The first-order valence-electron chi connectivity index (χ1n) is 8.42. The van der Waals surface area contributed by atoms with E-state index in [9.17, 15) is 4.79 Å².